The number of thiol groups is 1. The van der Waals surface area contributed by atoms with E-state index in [9.17, 15) is 9.59 Å². The van der Waals surface area contributed by atoms with E-state index in [1.165, 1.54) is 0 Å². The van der Waals surface area contributed by atoms with Crippen LogP contribution in [0.15, 0.2) is 0 Å². The quantitative estimate of drug-likeness (QED) is 0.656. The number of carboxylic acids is 1. The Bertz CT molecular complexity index is 246. The summed E-state index contributed by atoms with van der Waals surface area (Å²) in [7, 11) is 0. The van der Waals surface area contributed by atoms with Crippen molar-refractivity contribution in [3.63, 3.8) is 0 Å². The summed E-state index contributed by atoms with van der Waals surface area (Å²) in [4.78, 5) is 23.3. The standard InChI is InChI=1S/C9H15NO4S/c11-8(6-15)10-3-1-2-7(10)4-14-5-9(12)13/h7,15H,1-6H2,(H,12,13)/t7-/m1/s1. The molecule has 1 N–H and O–H groups in total. The monoisotopic (exact) mass is 233 g/mol. The molecule has 0 aromatic heterocycles. The van der Waals surface area contributed by atoms with Gasteiger partial charge >= 0.3 is 5.97 Å². The summed E-state index contributed by atoms with van der Waals surface area (Å²) in [5, 5.41) is 8.39. The molecular formula is C9H15NO4S. The van der Waals surface area contributed by atoms with Gasteiger partial charge in [-0.1, -0.05) is 0 Å². The topological polar surface area (TPSA) is 66.8 Å². The Morgan fingerprint density at radius 2 is 2.27 bits per heavy atom. The molecule has 1 heterocycles. The Balaban J connectivity index is 2.33. The fourth-order valence-corrected chi connectivity index (χ4v) is 1.89. The Labute approximate surface area is 93.8 Å². The van der Waals surface area contributed by atoms with Gasteiger partial charge in [0.15, 0.2) is 0 Å². The van der Waals surface area contributed by atoms with E-state index in [4.69, 9.17) is 9.84 Å². The van der Waals surface area contributed by atoms with Crippen LogP contribution < -0.4 is 0 Å². The number of carbonyl (C=O) groups is 2. The molecule has 0 unspecified atom stereocenters. The molecule has 0 aromatic rings. The molecule has 86 valence electrons. The van der Waals surface area contributed by atoms with E-state index in [1.54, 1.807) is 4.90 Å². The summed E-state index contributed by atoms with van der Waals surface area (Å²) in [6, 6.07) is 0.0176. The second-order valence-electron chi connectivity index (χ2n) is 3.45. The molecule has 0 radical (unpaired) electrons. The Morgan fingerprint density at radius 1 is 1.53 bits per heavy atom. The first-order chi connectivity index (χ1) is 7.15. The fraction of sp³-hybridized carbons (Fsp3) is 0.778. The van der Waals surface area contributed by atoms with Crippen molar-refractivity contribution in [2.24, 2.45) is 0 Å². The zero-order chi connectivity index (χ0) is 11.3. The summed E-state index contributed by atoms with van der Waals surface area (Å²) < 4.78 is 4.99. The van der Waals surface area contributed by atoms with Gasteiger partial charge in [-0.2, -0.15) is 12.6 Å². The number of amides is 1. The van der Waals surface area contributed by atoms with Crippen molar-refractivity contribution in [3.05, 3.63) is 0 Å². The molecule has 1 fully saturated rings. The van der Waals surface area contributed by atoms with Gasteiger partial charge in [-0.3, -0.25) is 4.79 Å². The maximum atomic E-state index is 11.4. The van der Waals surface area contributed by atoms with Crippen molar-refractivity contribution in [2.45, 2.75) is 18.9 Å². The lowest BCUT2D eigenvalue weighted by molar-refractivity contribution is -0.143. The predicted molar refractivity (Wildman–Crippen MR) is 57.0 cm³/mol. The first kappa shape index (κ1) is 12.3. The van der Waals surface area contributed by atoms with Crippen molar-refractivity contribution in [1.29, 1.82) is 0 Å². The number of carboxylic acid groups (broad SMARTS) is 1. The van der Waals surface area contributed by atoms with Crippen LogP contribution in [-0.2, 0) is 14.3 Å². The highest BCUT2D eigenvalue weighted by atomic mass is 32.1. The van der Waals surface area contributed by atoms with E-state index >= 15 is 0 Å². The molecule has 5 nitrogen and oxygen atoms in total. The van der Waals surface area contributed by atoms with Gasteiger partial charge in [-0.15, -0.1) is 0 Å². The number of rotatable bonds is 5. The molecule has 1 amide bonds. The van der Waals surface area contributed by atoms with Gasteiger partial charge in [-0.05, 0) is 12.8 Å². The van der Waals surface area contributed by atoms with E-state index in [0.717, 1.165) is 19.4 Å². The van der Waals surface area contributed by atoms with Crippen molar-refractivity contribution in [2.75, 3.05) is 25.5 Å². The summed E-state index contributed by atoms with van der Waals surface area (Å²) >= 11 is 3.93. The zero-order valence-corrected chi connectivity index (χ0v) is 9.28. The Hall–Kier alpha value is -0.750. The van der Waals surface area contributed by atoms with E-state index in [-0.39, 0.29) is 24.3 Å². The Kier molecular flexibility index (Phi) is 4.90. The van der Waals surface area contributed by atoms with Crippen molar-refractivity contribution in [3.8, 4) is 0 Å². The van der Waals surface area contributed by atoms with Crippen LogP contribution in [0.5, 0.6) is 0 Å². The zero-order valence-electron chi connectivity index (χ0n) is 8.39. The molecule has 1 atom stereocenters. The molecule has 1 rings (SSSR count). The number of hydrogen-bond acceptors (Lipinski definition) is 4. The van der Waals surface area contributed by atoms with Crippen LogP contribution in [0.4, 0.5) is 0 Å². The normalized spacial score (nSPS) is 20.6. The smallest absolute Gasteiger partial charge is 0.329 e. The second kappa shape index (κ2) is 5.97. The van der Waals surface area contributed by atoms with Gasteiger partial charge in [0.2, 0.25) is 5.91 Å². The number of aliphatic carboxylic acids is 1. The van der Waals surface area contributed by atoms with Crippen LogP contribution in [0.3, 0.4) is 0 Å². The maximum absolute atomic E-state index is 11.4. The molecule has 6 heteroatoms. The lowest BCUT2D eigenvalue weighted by Gasteiger charge is -2.23. The molecule has 0 saturated carbocycles. The number of ether oxygens (including phenoxy) is 1. The lowest BCUT2D eigenvalue weighted by Crippen LogP contribution is -2.39. The summed E-state index contributed by atoms with van der Waals surface area (Å²) in [6.07, 6.45) is 1.82. The van der Waals surface area contributed by atoms with E-state index in [1.807, 2.05) is 0 Å². The van der Waals surface area contributed by atoms with Gasteiger partial charge in [0.05, 0.1) is 18.4 Å². The highest BCUT2D eigenvalue weighted by molar-refractivity contribution is 7.81. The summed E-state index contributed by atoms with van der Waals surface area (Å²) in [5.41, 5.74) is 0. The molecule has 1 aliphatic heterocycles. The number of likely N-dealkylation sites (tertiary alicyclic amines) is 1. The third kappa shape index (κ3) is 3.71. The number of hydrogen-bond donors (Lipinski definition) is 2. The van der Waals surface area contributed by atoms with Crippen LogP contribution in [0.2, 0.25) is 0 Å². The summed E-state index contributed by atoms with van der Waals surface area (Å²) in [6.45, 7) is 0.714. The average Bonchev–Trinajstić information content (AvgIpc) is 2.64. The van der Waals surface area contributed by atoms with E-state index in [0.29, 0.717) is 6.61 Å². The van der Waals surface area contributed by atoms with Crippen LogP contribution in [0.1, 0.15) is 12.8 Å². The first-order valence-electron chi connectivity index (χ1n) is 4.85. The highest BCUT2D eigenvalue weighted by Gasteiger charge is 2.27. The highest BCUT2D eigenvalue weighted by Crippen LogP contribution is 2.17. The Morgan fingerprint density at radius 3 is 2.87 bits per heavy atom. The third-order valence-corrected chi connectivity index (χ3v) is 2.64. The first-order valence-corrected chi connectivity index (χ1v) is 5.48. The minimum atomic E-state index is -0.986. The largest absolute Gasteiger partial charge is 0.480 e. The van der Waals surface area contributed by atoms with Gasteiger partial charge in [0.1, 0.15) is 6.61 Å². The molecule has 0 aliphatic carbocycles. The molecule has 1 aliphatic rings. The third-order valence-electron chi connectivity index (χ3n) is 2.37. The van der Waals surface area contributed by atoms with E-state index in [2.05, 4.69) is 12.6 Å². The second-order valence-corrected chi connectivity index (χ2v) is 3.77. The van der Waals surface area contributed by atoms with Crippen LogP contribution in [-0.4, -0.2) is 53.4 Å². The minimum absolute atomic E-state index is 0.0141. The molecular weight excluding hydrogens is 218 g/mol. The predicted octanol–water partition coefficient (Wildman–Crippen LogP) is 0.00840. The molecule has 0 spiro atoms. The number of carbonyl (C=O) groups excluding carboxylic acids is 1. The average molecular weight is 233 g/mol. The summed E-state index contributed by atoms with van der Waals surface area (Å²) in [5.74, 6) is -0.810. The fourth-order valence-electron chi connectivity index (χ4n) is 1.71. The molecule has 15 heavy (non-hydrogen) atoms. The molecule has 0 aromatic carbocycles. The number of nitrogens with zero attached hydrogens (tertiary/aromatic N) is 1. The lowest BCUT2D eigenvalue weighted by atomic mass is 10.2. The van der Waals surface area contributed by atoms with Gasteiger partial charge < -0.3 is 14.7 Å². The van der Waals surface area contributed by atoms with E-state index < -0.39 is 5.97 Å². The van der Waals surface area contributed by atoms with Crippen LogP contribution in [0.25, 0.3) is 0 Å². The van der Waals surface area contributed by atoms with Crippen molar-refractivity contribution in [1.82, 2.24) is 4.90 Å². The van der Waals surface area contributed by atoms with Gasteiger partial charge in [-0.25, -0.2) is 4.79 Å². The van der Waals surface area contributed by atoms with Gasteiger partial charge in [0, 0.05) is 6.54 Å². The molecule has 1 saturated heterocycles. The van der Waals surface area contributed by atoms with Crippen LogP contribution in [0, 0.1) is 0 Å². The maximum Gasteiger partial charge on any atom is 0.329 e. The van der Waals surface area contributed by atoms with Gasteiger partial charge in [0.25, 0.3) is 0 Å². The minimum Gasteiger partial charge on any atom is -0.480 e. The molecule has 0 bridgehead atoms. The van der Waals surface area contributed by atoms with Crippen LogP contribution >= 0.6 is 12.6 Å². The van der Waals surface area contributed by atoms with Crippen molar-refractivity contribution < 1.29 is 19.4 Å². The van der Waals surface area contributed by atoms with Crippen molar-refractivity contribution >= 4 is 24.5 Å². The SMILES string of the molecule is O=C(O)COC[C@H]1CCCN1C(=O)CS.